The second-order valence-corrected chi connectivity index (χ2v) is 6.38. The fourth-order valence-electron chi connectivity index (χ4n) is 2.90. The van der Waals surface area contributed by atoms with Crippen molar-refractivity contribution >= 4 is 18.3 Å². The first-order valence-corrected chi connectivity index (χ1v) is 8.19. The van der Waals surface area contributed by atoms with Crippen LogP contribution in [0.4, 0.5) is 0 Å². The maximum Gasteiger partial charge on any atom is 0.224 e. The molecule has 2 aromatic rings. The van der Waals surface area contributed by atoms with Crippen molar-refractivity contribution in [2.75, 3.05) is 6.54 Å². The van der Waals surface area contributed by atoms with E-state index in [1.807, 2.05) is 48.9 Å². The van der Waals surface area contributed by atoms with Crippen LogP contribution in [-0.2, 0) is 11.2 Å². The fourth-order valence-corrected chi connectivity index (χ4v) is 2.90. The molecule has 3 N–H and O–H groups in total. The summed E-state index contributed by atoms with van der Waals surface area (Å²) in [6.07, 6.45) is 2.74. The second kappa shape index (κ2) is 7.81. The summed E-state index contributed by atoms with van der Waals surface area (Å²) in [6, 6.07) is 10.1. The number of para-hydroxylation sites is 1. The number of carbonyl (C=O) groups excluding carboxylic acids is 1. The molecular weight excluding hydrogens is 324 g/mol. The lowest BCUT2D eigenvalue weighted by Crippen LogP contribution is -2.39. The summed E-state index contributed by atoms with van der Waals surface area (Å²) < 4.78 is 1.90. The van der Waals surface area contributed by atoms with Crippen LogP contribution in [-0.4, -0.2) is 28.3 Å². The van der Waals surface area contributed by atoms with Crippen molar-refractivity contribution in [3.8, 4) is 5.69 Å². The predicted octanol–water partition coefficient (Wildman–Crippen LogP) is 2.31. The highest BCUT2D eigenvalue weighted by Crippen LogP contribution is 2.31. The molecule has 1 amide bonds. The van der Waals surface area contributed by atoms with Crippen molar-refractivity contribution < 1.29 is 4.79 Å². The maximum absolute atomic E-state index is 12.2. The summed E-state index contributed by atoms with van der Waals surface area (Å²) in [7, 11) is 0. The summed E-state index contributed by atoms with van der Waals surface area (Å²) in [4.78, 5) is 12.2. The smallest absolute Gasteiger partial charge is 0.224 e. The highest BCUT2D eigenvalue weighted by molar-refractivity contribution is 5.85. The van der Waals surface area contributed by atoms with Gasteiger partial charge in [-0.25, -0.2) is 4.68 Å². The minimum Gasteiger partial charge on any atom is -0.354 e. The zero-order valence-corrected chi connectivity index (χ0v) is 15.0. The van der Waals surface area contributed by atoms with Gasteiger partial charge in [-0.05, 0) is 44.7 Å². The monoisotopic (exact) mass is 348 g/mol. The molecule has 1 aliphatic carbocycles. The van der Waals surface area contributed by atoms with Crippen LogP contribution in [0.1, 0.15) is 29.8 Å². The lowest BCUT2D eigenvalue weighted by Gasteiger charge is -2.11. The molecule has 0 bridgehead atoms. The number of hydrogen-bond acceptors (Lipinski definition) is 3. The Morgan fingerprint density at radius 2 is 2.00 bits per heavy atom. The van der Waals surface area contributed by atoms with Crippen LogP contribution >= 0.6 is 12.4 Å². The molecule has 5 nitrogen and oxygen atoms in total. The van der Waals surface area contributed by atoms with Gasteiger partial charge in [-0.15, -0.1) is 12.4 Å². The predicted molar refractivity (Wildman–Crippen MR) is 97.7 cm³/mol. The van der Waals surface area contributed by atoms with Crippen LogP contribution in [0.5, 0.6) is 0 Å². The van der Waals surface area contributed by atoms with E-state index in [0.717, 1.165) is 22.6 Å². The second-order valence-electron chi connectivity index (χ2n) is 6.38. The average molecular weight is 349 g/mol. The lowest BCUT2D eigenvalue weighted by atomic mass is 10.1. The van der Waals surface area contributed by atoms with E-state index in [1.165, 1.54) is 12.8 Å². The Morgan fingerprint density at radius 3 is 2.62 bits per heavy atom. The van der Waals surface area contributed by atoms with Gasteiger partial charge in [-0.3, -0.25) is 4.79 Å². The number of aryl methyl sites for hydroxylation is 1. The summed E-state index contributed by atoms with van der Waals surface area (Å²) >= 11 is 0. The van der Waals surface area contributed by atoms with Crippen LogP contribution in [0.2, 0.25) is 0 Å². The molecule has 6 heteroatoms. The Bertz CT molecular complexity index is 695. The summed E-state index contributed by atoms with van der Waals surface area (Å²) in [5, 5.41) is 7.53. The number of carbonyl (C=O) groups is 1. The number of rotatable bonds is 6. The third-order valence-corrected chi connectivity index (χ3v) is 4.54. The van der Waals surface area contributed by atoms with Gasteiger partial charge in [0.2, 0.25) is 5.91 Å². The number of nitrogens with one attached hydrogen (secondary N) is 1. The van der Waals surface area contributed by atoms with E-state index >= 15 is 0 Å². The molecule has 1 unspecified atom stereocenters. The third kappa shape index (κ3) is 4.16. The molecule has 3 rings (SSSR count). The molecule has 0 spiro atoms. The molecule has 1 atom stereocenters. The summed E-state index contributed by atoms with van der Waals surface area (Å²) in [5.74, 6) is 0.611. The normalized spacial score (nSPS) is 14.8. The number of halogens is 1. The number of aromatic nitrogens is 2. The minimum atomic E-state index is 0. The molecular formula is C18H25ClN4O. The zero-order valence-electron chi connectivity index (χ0n) is 14.2. The molecule has 1 saturated carbocycles. The Kier molecular flexibility index (Phi) is 6.02. The maximum atomic E-state index is 12.2. The standard InChI is InChI=1S/C18H24N4O.ClH/c1-12-16(10-18(23)20-11-17(19)14-8-9-14)13(2)22(21-12)15-6-4-3-5-7-15;/h3-7,14,17H,8-11,19H2,1-2H3,(H,20,23);1H. The minimum absolute atomic E-state index is 0. The third-order valence-electron chi connectivity index (χ3n) is 4.54. The number of amides is 1. The van der Waals surface area contributed by atoms with Gasteiger partial charge < -0.3 is 11.1 Å². The highest BCUT2D eigenvalue weighted by atomic mass is 35.5. The van der Waals surface area contributed by atoms with Gasteiger partial charge in [0.15, 0.2) is 0 Å². The SMILES string of the molecule is Cc1nn(-c2ccccc2)c(C)c1CC(=O)NCC(N)C1CC1.Cl. The van der Waals surface area contributed by atoms with E-state index < -0.39 is 0 Å². The molecule has 1 aromatic heterocycles. The van der Waals surface area contributed by atoms with Crippen LogP contribution in [0, 0.1) is 19.8 Å². The number of benzene rings is 1. The zero-order chi connectivity index (χ0) is 16.4. The van der Waals surface area contributed by atoms with Gasteiger partial charge in [0.05, 0.1) is 17.8 Å². The first kappa shape index (κ1) is 18.5. The Morgan fingerprint density at radius 1 is 1.33 bits per heavy atom. The topological polar surface area (TPSA) is 72.9 Å². The molecule has 1 fully saturated rings. The number of nitrogens with zero attached hydrogens (tertiary/aromatic N) is 2. The highest BCUT2D eigenvalue weighted by Gasteiger charge is 2.28. The van der Waals surface area contributed by atoms with Crippen molar-refractivity contribution in [2.45, 2.75) is 39.2 Å². The van der Waals surface area contributed by atoms with Crippen molar-refractivity contribution in [1.29, 1.82) is 0 Å². The van der Waals surface area contributed by atoms with Gasteiger partial charge in [-0.1, -0.05) is 18.2 Å². The average Bonchev–Trinajstić information content (AvgIpc) is 3.36. The molecule has 0 saturated heterocycles. The van der Waals surface area contributed by atoms with E-state index in [9.17, 15) is 4.79 Å². The van der Waals surface area contributed by atoms with E-state index in [1.54, 1.807) is 0 Å². The number of nitrogens with two attached hydrogens (primary N) is 1. The van der Waals surface area contributed by atoms with Crippen molar-refractivity contribution in [3.63, 3.8) is 0 Å². The van der Waals surface area contributed by atoms with E-state index in [4.69, 9.17) is 5.73 Å². The molecule has 0 aliphatic heterocycles. The molecule has 1 heterocycles. The van der Waals surface area contributed by atoms with E-state index in [0.29, 0.717) is 18.9 Å². The van der Waals surface area contributed by atoms with Crippen molar-refractivity contribution in [1.82, 2.24) is 15.1 Å². The largest absolute Gasteiger partial charge is 0.354 e. The lowest BCUT2D eigenvalue weighted by molar-refractivity contribution is -0.120. The van der Waals surface area contributed by atoms with Crippen LogP contribution in [0.25, 0.3) is 5.69 Å². The fraction of sp³-hybridized carbons (Fsp3) is 0.444. The Labute approximate surface area is 149 Å². The van der Waals surface area contributed by atoms with Gasteiger partial charge in [0.1, 0.15) is 0 Å². The Balaban J connectivity index is 0.00000208. The van der Waals surface area contributed by atoms with Gasteiger partial charge in [-0.2, -0.15) is 5.10 Å². The van der Waals surface area contributed by atoms with Crippen LogP contribution in [0.15, 0.2) is 30.3 Å². The number of hydrogen-bond donors (Lipinski definition) is 2. The molecule has 130 valence electrons. The summed E-state index contributed by atoms with van der Waals surface area (Å²) in [6.45, 7) is 4.52. The van der Waals surface area contributed by atoms with Gasteiger partial charge in [0, 0.05) is 23.8 Å². The quantitative estimate of drug-likeness (QED) is 0.841. The van der Waals surface area contributed by atoms with Crippen LogP contribution in [0.3, 0.4) is 0 Å². The molecule has 24 heavy (non-hydrogen) atoms. The Hall–Kier alpha value is -1.85. The first-order chi connectivity index (χ1) is 11.1. The van der Waals surface area contributed by atoms with E-state index in [2.05, 4.69) is 10.4 Å². The molecule has 1 aromatic carbocycles. The van der Waals surface area contributed by atoms with Gasteiger partial charge >= 0.3 is 0 Å². The van der Waals surface area contributed by atoms with Crippen molar-refractivity contribution in [3.05, 3.63) is 47.3 Å². The van der Waals surface area contributed by atoms with Crippen molar-refractivity contribution in [2.24, 2.45) is 11.7 Å². The summed E-state index contributed by atoms with van der Waals surface area (Å²) in [5.41, 5.74) is 9.94. The molecule has 0 radical (unpaired) electrons. The van der Waals surface area contributed by atoms with Gasteiger partial charge in [0.25, 0.3) is 0 Å². The molecule has 1 aliphatic rings. The van der Waals surface area contributed by atoms with Crippen LogP contribution < -0.4 is 11.1 Å². The van der Waals surface area contributed by atoms with E-state index in [-0.39, 0.29) is 24.4 Å². The first-order valence-electron chi connectivity index (χ1n) is 8.19.